The average molecular weight is 312 g/mol. The first-order valence-corrected chi connectivity index (χ1v) is 4.62. The quantitative estimate of drug-likeness (QED) is 0.748. The molecule has 0 aliphatic heterocycles. The minimum Gasteiger partial charge on any atom is -0.251 e. The maximum absolute atomic E-state index is 12.3. The molecule has 0 atom stereocenters. The molecule has 0 saturated heterocycles. The van der Waals surface area contributed by atoms with Crippen LogP contribution in [0.25, 0.3) is 0 Å². The Kier molecular flexibility index (Phi) is 3.31. The van der Waals surface area contributed by atoms with E-state index >= 15 is 0 Å². The molecule has 0 saturated carbocycles. The molecule has 0 spiro atoms. The molecule has 0 unspecified atom stereocenters. The summed E-state index contributed by atoms with van der Waals surface area (Å²) in [5.41, 5.74) is -0.568. The molecule has 14 heavy (non-hydrogen) atoms. The van der Waals surface area contributed by atoms with E-state index in [9.17, 15) is 13.2 Å². The third-order valence-electron chi connectivity index (χ3n) is 1.51. The fourth-order valence-electron chi connectivity index (χ4n) is 0.903. The standard InChI is InChI=1S/C8H4F3IN2/c9-8(10,11)7-6(12)5(1-3-13)2-4-14-7/h2,4H,1H2. The van der Waals surface area contributed by atoms with Crippen molar-refractivity contribution in [2.45, 2.75) is 12.6 Å². The second kappa shape index (κ2) is 4.13. The zero-order valence-electron chi connectivity index (χ0n) is 6.77. The first-order chi connectivity index (χ1) is 6.46. The van der Waals surface area contributed by atoms with Gasteiger partial charge in [-0.15, -0.1) is 0 Å². The summed E-state index contributed by atoms with van der Waals surface area (Å²) in [4.78, 5) is 3.25. The smallest absolute Gasteiger partial charge is 0.251 e. The third kappa shape index (κ3) is 2.35. The molecular formula is C8H4F3IN2. The number of pyridine rings is 1. The highest BCUT2D eigenvalue weighted by Gasteiger charge is 2.35. The largest absolute Gasteiger partial charge is 0.434 e. The van der Waals surface area contributed by atoms with Crippen molar-refractivity contribution in [3.8, 4) is 6.07 Å². The van der Waals surface area contributed by atoms with E-state index in [0.29, 0.717) is 5.56 Å². The van der Waals surface area contributed by atoms with E-state index in [2.05, 4.69) is 4.98 Å². The van der Waals surface area contributed by atoms with Gasteiger partial charge in [-0.1, -0.05) is 0 Å². The van der Waals surface area contributed by atoms with Crippen LogP contribution < -0.4 is 0 Å². The lowest BCUT2D eigenvalue weighted by atomic mass is 10.2. The Balaban J connectivity index is 3.22. The first kappa shape index (κ1) is 11.2. The van der Waals surface area contributed by atoms with E-state index in [4.69, 9.17) is 5.26 Å². The Hall–Kier alpha value is -0.840. The summed E-state index contributed by atoms with van der Waals surface area (Å²) in [7, 11) is 0. The molecule has 1 aromatic heterocycles. The van der Waals surface area contributed by atoms with E-state index < -0.39 is 11.9 Å². The molecule has 0 aliphatic carbocycles. The number of nitrogens with zero attached hydrogens (tertiary/aromatic N) is 2. The number of halogens is 4. The van der Waals surface area contributed by atoms with Gasteiger partial charge in [-0.05, 0) is 34.2 Å². The SMILES string of the molecule is N#CCc1ccnc(C(F)(F)F)c1I. The van der Waals surface area contributed by atoms with Crippen LogP contribution in [0.5, 0.6) is 0 Å². The Morgan fingerprint density at radius 3 is 2.64 bits per heavy atom. The number of rotatable bonds is 1. The molecule has 0 aliphatic rings. The monoisotopic (exact) mass is 312 g/mol. The number of nitriles is 1. The number of aromatic nitrogens is 1. The van der Waals surface area contributed by atoms with E-state index in [1.54, 1.807) is 28.7 Å². The summed E-state index contributed by atoms with van der Waals surface area (Å²) in [6.07, 6.45) is -3.43. The predicted molar refractivity (Wildman–Crippen MR) is 51.3 cm³/mol. The number of hydrogen-bond acceptors (Lipinski definition) is 2. The molecule has 1 heterocycles. The van der Waals surface area contributed by atoms with Crippen LogP contribution in [0.3, 0.4) is 0 Å². The van der Waals surface area contributed by atoms with E-state index in [1.165, 1.54) is 6.07 Å². The van der Waals surface area contributed by atoms with Crippen LogP contribution >= 0.6 is 22.6 Å². The Morgan fingerprint density at radius 2 is 2.14 bits per heavy atom. The van der Waals surface area contributed by atoms with E-state index in [1.807, 2.05) is 0 Å². The molecule has 0 amide bonds. The van der Waals surface area contributed by atoms with Gasteiger partial charge < -0.3 is 0 Å². The summed E-state index contributed by atoms with van der Waals surface area (Å²) >= 11 is 1.56. The zero-order chi connectivity index (χ0) is 10.8. The summed E-state index contributed by atoms with van der Waals surface area (Å²) in [5, 5.41) is 8.38. The van der Waals surface area contributed by atoms with Crippen molar-refractivity contribution in [1.29, 1.82) is 5.26 Å². The molecule has 0 bridgehead atoms. The Morgan fingerprint density at radius 1 is 1.50 bits per heavy atom. The Bertz CT molecular complexity index is 381. The van der Waals surface area contributed by atoms with Crippen molar-refractivity contribution in [1.82, 2.24) is 4.98 Å². The lowest BCUT2D eigenvalue weighted by Gasteiger charge is -2.09. The fourth-order valence-corrected chi connectivity index (χ4v) is 1.72. The topological polar surface area (TPSA) is 36.7 Å². The molecule has 0 aromatic carbocycles. The molecule has 0 fully saturated rings. The summed E-state index contributed by atoms with van der Waals surface area (Å²) in [5.74, 6) is 0. The highest BCUT2D eigenvalue weighted by atomic mass is 127. The van der Waals surface area contributed by atoms with Gasteiger partial charge in [0.25, 0.3) is 0 Å². The number of hydrogen-bond donors (Lipinski definition) is 0. The maximum Gasteiger partial charge on any atom is 0.434 e. The van der Waals surface area contributed by atoms with Gasteiger partial charge in [-0.3, -0.25) is 4.98 Å². The number of alkyl halides is 3. The minimum absolute atomic E-state index is 0.000787. The van der Waals surface area contributed by atoms with Crippen molar-refractivity contribution in [3.05, 3.63) is 27.1 Å². The lowest BCUT2D eigenvalue weighted by molar-refractivity contribution is -0.141. The zero-order valence-corrected chi connectivity index (χ0v) is 8.93. The van der Waals surface area contributed by atoms with E-state index in [0.717, 1.165) is 6.20 Å². The summed E-state index contributed by atoms with van der Waals surface area (Å²) < 4.78 is 37.0. The molecule has 1 rings (SSSR count). The van der Waals surface area contributed by atoms with Gasteiger partial charge in [0.05, 0.1) is 12.5 Å². The van der Waals surface area contributed by atoms with E-state index in [-0.39, 0.29) is 9.99 Å². The maximum atomic E-state index is 12.3. The molecule has 74 valence electrons. The van der Waals surface area contributed by atoms with Crippen LogP contribution in [0.1, 0.15) is 11.3 Å². The van der Waals surface area contributed by atoms with Crippen LogP contribution in [0.15, 0.2) is 12.3 Å². The van der Waals surface area contributed by atoms with Gasteiger partial charge in [-0.2, -0.15) is 18.4 Å². The molecule has 1 aromatic rings. The highest BCUT2D eigenvalue weighted by molar-refractivity contribution is 14.1. The van der Waals surface area contributed by atoms with Crippen molar-refractivity contribution in [2.75, 3.05) is 0 Å². The van der Waals surface area contributed by atoms with Crippen molar-refractivity contribution >= 4 is 22.6 Å². The normalized spacial score (nSPS) is 11.1. The molecular weight excluding hydrogens is 308 g/mol. The van der Waals surface area contributed by atoms with Gasteiger partial charge in [0.1, 0.15) is 0 Å². The molecule has 2 nitrogen and oxygen atoms in total. The second-order valence-corrected chi connectivity index (χ2v) is 3.54. The van der Waals surface area contributed by atoms with Crippen LogP contribution in [-0.4, -0.2) is 4.98 Å². The van der Waals surface area contributed by atoms with Gasteiger partial charge >= 0.3 is 6.18 Å². The van der Waals surface area contributed by atoms with Crippen molar-refractivity contribution in [2.24, 2.45) is 0 Å². The lowest BCUT2D eigenvalue weighted by Crippen LogP contribution is -2.11. The van der Waals surface area contributed by atoms with Crippen molar-refractivity contribution < 1.29 is 13.2 Å². The average Bonchev–Trinajstić information content (AvgIpc) is 2.07. The molecule has 0 radical (unpaired) electrons. The van der Waals surface area contributed by atoms with Crippen LogP contribution in [0.4, 0.5) is 13.2 Å². The minimum atomic E-state index is -4.46. The third-order valence-corrected chi connectivity index (χ3v) is 2.71. The molecule has 6 heteroatoms. The van der Waals surface area contributed by atoms with Crippen molar-refractivity contribution in [3.63, 3.8) is 0 Å². The summed E-state index contributed by atoms with van der Waals surface area (Å²) in [6.45, 7) is 0. The first-order valence-electron chi connectivity index (χ1n) is 3.54. The van der Waals surface area contributed by atoms with Crippen LogP contribution in [-0.2, 0) is 12.6 Å². The van der Waals surface area contributed by atoms with Gasteiger partial charge in [-0.25, -0.2) is 0 Å². The predicted octanol–water partition coefficient (Wildman–Crippen LogP) is 2.77. The Labute approximate surface area is 91.9 Å². The van der Waals surface area contributed by atoms with Gasteiger partial charge in [0.15, 0.2) is 5.69 Å². The fraction of sp³-hybridized carbons (Fsp3) is 0.250. The second-order valence-electron chi connectivity index (χ2n) is 2.47. The van der Waals surface area contributed by atoms with Crippen LogP contribution in [0.2, 0.25) is 0 Å². The van der Waals surface area contributed by atoms with Crippen LogP contribution in [0, 0.1) is 14.9 Å². The molecule has 0 N–H and O–H groups in total. The van der Waals surface area contributed by atoms with Gasteiger partial charge in [0, 0.05) is 9.77 Å². The highest BCUT2D eigenvalue weighted by Crippen LogP contribution is 2.32. The van der Waals surface area contributed by atoms with Gasteiger partial charge in [0.2, 0.25) is 0 Å². The summed E-state index contributed by atoms with van der Waals surface area (Å²) in [6, 6.07) is 3.22.